The molecule has 0 spiro atoms. The Morgan fingerprint density at radius 3 is 2.47 bits per heavy atom. The van der Waals surface area contributed by atoms with Crippen LogP contribution in [-0.4, -0.2) is 11.7 Å². The summed E-state index contributed by atoms with van der Waals surface area (Å²) in [6, 6.07) is 4.17. The van der Waals surface area contributed by atoms with Crippen molar-refractivity contribution >= 4 is 11.3 Å². The van der Waals surface area contributed by atoms with E-state index in [9.17, 15) is 5.11 Å². The lowest BCUT2D eigenvalue weighted by atomic mass is 9.61. The van der Waals surface area contributed by atoms with E-state index in [0.29, 0.717) is 6.54 Å². The fourth-order valence-electron chi connectivity index (χ4n) is 3.49. The standard InChI is InChI=1S/C16H27NOS/c1-4-13-7-9-16(11-17,10-8-13)15(3,18)14-6-5-12(2)19-14/h5-6,13,18H,4,7-11,17H2,1-3H3. The summed E-state index contributed by atoms with van der Waals surface area (Å²) < 4.78 is 0. The highest BCUT2D eigenvalue weighted by molar-refractivity contribution is 7.12. The summed E-state index contributed by atoms with van der Waals surface area (Å²) >= 11 is 1.70. The van der Waals surface area contributed by atoms with E-state index in [1.165, 1.54) is 24.1 Å². The Morgan fingerprint density at radius 1 is 1.42 bits per heavy atom. The van der Waals surface area contributed by atoms with Gasteiger partial charge in [-0.2, -0.15) is 0 Å². The largest absolute Gasteiger partial charge is 0.384 e. The zero-order valence-electron chi connectivity index (χ0n) is 12.4. The van der Waals surface area contributed by atoms with Crippen LogP contribution in [0.1, 0.15) is 55.7 Å². The van der Waals surface area contributed by atoms with Gasteiger partial charge in [-0.3, -0.25) is 0 Å². The van der Waals surface area contributed by atoms with Crippen LogP contribution in [0.2, 0.25) is 0 Å². The Bertz CT molecular complexity index is 416. The van der Waals surface area contributed by atoms with Crippen molar-refractivity contribution in [3.63, 3.8) is 0 Å². The minimum Gasteiger partial charge on any atom is -0.384 e. The van der Waals surface area contributed by atoms with E-state index in [1.807, 2.05) is 6.92 Å². The Hall–Kier alpha value is -0.380. The van der Waals surface area contributed by atoms with Crippen LogP contribution in [0.3, 0.4) is 0 Å². The second-order valence-corrected chi connectivity index (χ2v) is 7.61. The summed E-state index contributed by atoms with van der Waals surface area (Å²) in [6.07, 6.45) is 5.75. The summed E-state index contributed by atoms with van der Waals surface area (Å²) in [5, 5.41) is 11.2. The molecule has 1 aliphatic rings. The lowest BCUT2D eigenvalue weighted by Crippen LogP contribution is -2.50. The van der Waals surface area contributed by atoms with Crippen molar-refractivity contribution in [3.05, 3.63) is 21.9 Å². The van der Waals surface area contributed by atoms with E-state index in [0.717, 1.165) is 23.6 Å². The van der Waals surface area contributed by atoms with Gasteiger partial charge < -0.3 is 10.8 Å². The average molecular weight is 281 g/mol. The van der Waals surface area contributed by atoms with Crippen molar-refractivity contribution in [2.45, 2.75) is 58.5 Å². The molecule has 0 aromatic carbocycles. The van der Waals surface area contributed by atoms with Gasteiger partial charge in [0.25, 0.3) is 0 Å². The third kappa shape index (κ3) is 2.61. The molecule has 108 valence electrons. The van der Waals surface area contributed by atoms with Crippen LogP contribution in [0.5, 0.6) is 0 Å². The molecule has 0 bridgehead atoms. The lowest BCUT2D eigenvalue weighted by Gasteiger charge is -2.48. The van der Waals surface area contributed by atoms with Gasteiger partial charge in [0, 0.05) is 21.7 Å². The average Bonchev–Trinajstić information content (AvgIpc) is 2.86. The summed E-state index contributed by atoms with van der Waals surface area (Å²) in [5.74, 6) is 0.820. The molecule has 1 fully saturated rings. The van der Waals surface area contributed by atoms with Crippen molar-refractivity contribution in [1.29, 1.82) is 0 Å². The highest BCUT2D eigenvalue weighted by Gasteiger charge is 2.49. The Labute approximate surface area is 121 Å². The summed E-state index contributed by atoms with van der Waals surface area (Å²) in [5.41, 5.74) is 5.16. The number of hydrogen-bond acceptors (Lipinski definition) is 3. The van der Waals surface area contributed by atoms with E-state index in [4.69, 9.17) is 5.73 Å². The fourth-order valence-corrected chi connectivity index (χ4v) is 4.52. The van der Waals surface area contributed by atoms with Crippen molar-refractivity contribution in [2.24, 2.45) is 17.1 Å². The molecule has 1 aromatic heterocycles. The first-order valence-corrected chi connectivity index (χ1v) is 8.26. The van der Waals surface area contributed by atoms with Gasteiger partial charge in [0.15, 0.2) is 0 Å². The van der Waals surface area contributed by atoms with Gasteiger partial charge in [-0.25, -0.2) is 0 Å². The van der Waals surface area contributed by atoms with Gasteiger partial charge >= 0.3 is 0 Å². The molecule has 1 unspecified atom stereocenters. The smallest absolute Gasteiger partial charge is 0.103 e. The third-order valence-electron chi connectivity index (χ3n) is 5.28. The number of rotatable bonds is 4. The van der Waals surface area contributed by atoms with Crippen LogP contribution in [-0.2, 0) is 5.60 Å². The topological polar surface area (TPSA) is 46.2 Å². The van der Waals surface area contributed by atoms with Gasteiger partial charge in [-0.1, -0.05) is 13.3 Å². The zero-order valence-corrected chi connectivity index (χ0v) is 13.2. The van der Waals surface area contributed by atoms with Crippen molar-refractivity contribution in [1.82, 2.24) is 0 Å². The van der Waals surface area contributed by atoms with Crippen LogP contribution in [0, 0.1) is 18.3 Å². The van der Waals surface area contributed by atoms with Gasteiger partial charge in [0.05, 0.1) is 0 Å². The van der Waals surface area contributed by atoms with Crippen molar-refractivity contribution < 1.29 is 5.11 Å². The SMILES string of the molecule is CCC1CCC(CN)(C(C)(O)c2ccc(C)s2)CC1. The van der Waals surface area contributed by atoms with Crippen molar-refractivity contribution in [3.8, 4) is 0 Å². The van der Waals surface area contributed by atoms with E-state index in [1.54, 1.807) is 11.3 Å². The predicted octanol–water partition coefficient (Wildman–Crippen LogP) is 3.81. The fraction of sp³-hybridized carbons (Fsp3) is 0.750. The Morgan fingerprint density at radius 2 is 2.05 bits per heavy atom. The van der Waals surface area contributed by atoms with Crippen molar-refractivity contribution in [2.75, 3.05) is 6.54 Å². The normalized spacial score (nSPS) is 31.1. The van der Waals surface area contributed by atoms with E-state index < -0.39 is 5.60 Å². The molecule has 1 heterocycles. The second kappa shape index (κ2) is 5.55. The molecular formula is C16H27NOS. The minimum absolute atomic E-state index is 0.143. The number of thiophene rings is 1. The molecule has 0 saturated heterocycles. The van der Waals surface area contributed by atoms with Crippen LogP contribution in [0.25, 0.3) is 0 Å². The number of nitrogens with two attached hydrogens (primary N) is 1. The van der Waals surface area contributed by atoms with Crippen LogP contribution < -0.4 is 5.73 Å². The molecular weight excluding hydrogens is 254 g/mol. The maximum absolute atomic E-state index is 11.2. The molecule has 0 radical (unpaired) electrons. The molecule has 1 aromatic rings. The minimum atomic E-state index is -0.792. The Kier molecular flexibility index (Phi) is 4.38. The summed E-state index contributed by atoms with van der Waals surface area (Å²) in [6.45, 7) is 6.90. The number of hydrogen-bond donors (Lipinski definition) is 2. The zero-order chi connectivity index (χ0) is 14.1. The summed E-state index contributed by atoms with van der Waals surface area (Å²) in [7, 11) is 0. The van der Waals surface area contributed by atoms with E-state index >= 15 is 0 Å². The molecule has 1 aliphatic carbocycles. The van der Waals surface area contributed by atoms with E-state index in [-0.39, 0.29) is 5.41 Å². The first-order chi connectivity index (χ1) is 8.95. The first-order valence-electron chi connectivity index (χ1n) is 7.44. The lowest BCUT2D eigenvalue weighted by molar-refractivity contribution is -0.0955. The predicted molar refractivity (Wildman–Crippen MR) is 82.4 cm³/mol. The molecule has 3 N–H and O–H groups in total. The first kappa shape index (κ1) is 15.0. The highest BCUT2D eigenvalue weighted by Crippen LogP contribution is 2.52. The molecule has 2 rings (SSSR count). The van der Waals surface area contributed by atoms with Gasteiger partial charge in [0.1, 0.15) is 5.60 Å². The van der Waals surface area contributed by atoms with Gasteiger partial charge in [-0.15, -0.1) is 11.3 Å². The van der Waals surface area contributed by atoms with Crippen LogP contribution in [0.4, 0.5) is 0 Å². The molecule has 0 aliphatic heterocycles. The highest BCUT2D eigenvalue weighted by atomic mass is 32.1. The Balaban J connectivity index is 2.25. The molecule has 0 amide bonds. The van der Waals surface area contributed by atoms with Crippen LogP contribution >= 0.6 is 11.3 Å². The quantitative estimate of drug-likeness (QED) is 0.881. The molecule has 1 atom stereocenters. The maximum atomic E-state index is 11.2. The molecule has 19 heavy (non-hydrogen) atoms. The van der Waals surface area contributed by atoms with E-state index in [2.05, 4.69) is 26.0 Å². The summed E-state index contributed by atoms with van der Waals surface area (Å²) in [4.78, 5) is 2.33. The van der Waals surface area contributed by atoms with Crippen LogP contribution in [0.15, 0.2) is 12.1 Å². The third-order valence-corrected chi connectivity index (χ3v) is 6.49. The molecule has 3 heteroatoms. The second-order valence-electron chi connectivity index (χ2n) is 6.32. The maximum Gasteiger partial charge on any atom is 0.103 e. The van der Waals surface area contributed by atoms with Gasteiger partial charge in [0.2, 0.25) is 0 Å². The number of aryl methyl sites for hydroxylation is 1. The van der Waals surface area contributed by atoms with Gasteiger partial charge in [-0.05, 0) is 57.6 Å². The molecule has 1 saturated carbocycles. The number of aliphatic hydroxyl groups is 1. The monoisotopic (exact) mass is 281 g/mol. The molecule has 2 nitrogen and oxygen atoms in total.